The molecule has 1 unspecified atom stereocenters. The summed E-state index contributed by atoms with van der Waals surface area (Å²) < 4.78 is 11.2. The third-order valence-corrected chi connectivity index (χ3v) is 6.01. The molecule has 8 nitrogen and oxygen atoms in total. The molecule has 4 N–H and O–H groups in total. The molecule has 0 fully saturated rings. The Hall–Kier alpha value is -4.46. The van der Waals surface area contributed by atoms with Gasteiger partial charge >= 0.3 is 6.03 Å². The van der Waals surface area contributed by atoms with Crippen LogP contribution in [0, 0.1) is 0 Å². The number of benzene rings is 3. The molecule has 1 heterocycles. The van der Waals surface area contributed by atoms with E-state index in [0.29, 0.717) is 24.6 Å². The average Bonchev–Trinajstić information content (AvgIpc) is 3.35. The van der Waals surface area contributed by atoms with Gasteiger partial charge in [-0.1, -0.05) is 60.7 Å². The number of urea groups is 1. The predicted octanol–water partition coefficient (Wildman–Crippen LogP) is 3.93. The van der Waals surface area contributed by atoms with E-state index in [9.17, 15) is 9.59 Å². The Morgan fingerprint density at radius 3 is 2.39 bits per heavy atom. The van der Waals surface area contributed by atoms with E-state index in [4.69, 9.17) is 9.47 Å². The van der Waals surface area contributed by atoms with Gasteiger partial charge in [-0.15, -0.1) is 0 Å². The number of para-hydroxylation sites is 2. The maximum Gasteiger partial charge on any atom is 0.315 e. The predicted molar refractivity (Wildman–Crippen MR) is 139 cm³/mol. The molecule has 36 heavy (non-hydrogen) atoms. The molecule has 4 aromatic rings. The molecule has 0 bridgehead atoms. The molecule has 4 rings (SSSR count). The molecule has 0 saturated heterocycles. The number of hydrogen-bond acceptors (Lipinski definition) is 4. The van der Waals surface area contributed by atoms with Crippen LogP contribution in [0.2, 0.25) is 0 Å². The van der Waals surface area contributed by atoms with Crippen molar-refractivity contribution in [2.24, 2.45) is 0 Å². The summed E-state index contributed by atoms with van der Waals surface area (Å²) >= 11 is 0. The van der Waals surface area contributed by atoms with Gasteiger partial charge in [-0.25, -0.2) is 4.79 Å². The number of nitrogens with one attached hydrogen (secondary N) is 4. The van der Waals surface area contributed by atoms with Gasteiger partial charge < -0.3 is 30.4 Å². The van der Waals surface area contributed by atoms with Crippen molar-refractivity contribution in [3.8, 4) is 11.5 Å². The summed E-state index contributed by atoms with van der Waals surface area (Å²) in [5, 5.41) is 9.38. The first-order valence-corrected chi connectivity index (χ1v) is 11.7. The van der Waals surface area contributed by atoms with E-state index in [1.54, 1.807) is 14.2 Å². The number of hydrogen-bond donors (Lipinski definition) is 4. The van der Waals surface area contributed by atoms with E-state index in [1.807, 2.05) is 79.0 Å². The summed E-state index contributed by atoms with van der Waals surface area (Å²) in [6, 6.07) is 22.9. The lowest BCUT2D eigenvalue weighted by molar-refractivity contribution is -0.120. The Morgan fingerprint density at radius 2 is 1.61 bits per heavy atom. The first-order chi connectivity index (χ1) is 17.6. The number of fused-ring (bicyclic) bond motifs is 1. The molecule has 1 atom stereocenters. The van der Waals surface area contributed by atoms with Gasteiger partial charge in [0.05, 0.1) is 20.8 Å². The van der Waals surface area contributed by atoms with E-state index in [2.05, 4.69) is 20.9 Å². The molecule has 0 aliphatic rings. The molecule has 0 aliphatic carbocycles. The largest absolute Gasteiger partial charge is 0.493 e. The van der Waals surface area contributed by atoms with Crippen molar-refractivity contribution in [2.75, 3.05) is 27.3 Å². The zero-order valence-electron chi connectivity index (χ0n) is 20.3. The number of methoxy groups -OCH3 is 2. The van der Waals surface area contributed by atoms with Gasteiger partial charge in [-0.3, -0.25) is 4.79 Å². The van der Waals surface area contributed by atoms with Crippen molar-refractivity contribution in [2.45, 2.75) is 12.5 Å². The Labute approximate surface area is 210 Å². The van der Waals surface area contributed by atoms with Gasteiger partial charge in [0.1, 0.15) is 0 Å². The lowest BCUT2D eigenvalue weighted by Gasteiger charge is -2.22. The third kappa shape index (κ3) is 5.78. The molecular formula is C28H30N4O4. The normalized spacial score (nSPS) is 11.5. The minimum atomic E-state index is -0.406. The fourth-order valence-corrected chi connectivity index (χ4v) is 4.24. The number of carbonyl (C=O) groups excluding carboxylic acids is 2. The van der Waals surface area contributed by atoms with E-state index in [0.717, 1.165) is 27.6 Å². The van der Waals surface area contributed by atoms with Gasteiger partial charge in [0.2, 0.25) is 5.91 Å². The highest BCUT2D eigenvalue weighted by Gasteiger charge is 2.24. The van der Waals surface area contributed by atoms with Crippen LogP contribution in [0.5, 0.6) is 11.5 Å². The van der Waals surface area contributed by atoms with Gasteiger partial charge in [-0.05, 0) is 23.3 Å². The van der Waals surface area contributed by atoms with Crippen LogP contribution in [0.4, 0.5) is 4.79 Å². The van der Waals surface area contributed by atoms with Crippen LogP contribution in [-0.4, -0.2) is 44.2 Å². The number of aromatic amines is 1. The molecule has 3 aromatic carbocycles. The minimum Gasteiger partial charge on any atom is -0.493 e. The Bertz CT molecular complexity index is 1320. The highest BCUT2D eigenvalue weighted by Crippen LogP contribution is 2.40. The quantitative estimate of drug-likeness (QED) is 0.273. The lowest BCUT2D eigenvalue weighted by Crippen LogP contribution is -2.42. The van der Waals surface area contributed by atoms with Crippen molar-refractivity contribution >= 4 is 22.8 Å². The van der Waals surface area contributed by atoms with Crippen LogP contribution in [0.3, 0.4) is 0 Å². The Kier molecular flexibility index (Phi) is 8.08. The molecule has 0 aliphatic heterocycles. The fourth-order valence-electron chi connectivity index (χ4n) is 4.24. The van der Waals surface area contributed by atoms with E-state index >= 15 is 0 Å². The maximum atomic E-state index is 12.7. The van der Waals surface area contributed by atoms with Gasteiger partial charge in [0.25, 0.3) is 0 Å². The maximum absolute atomic E-state index is 12.7. The molecule has 0 radical (unpaired) electrons. The van der Waals surface area contributed by atoms with Gasteiger partial charge in [-0.2, -0.15) is 0 Å². The van der Waals surface area contributed by atoms with Crippen LogP contribution in [0.25, 0.3) is 10.9 Å². The Morgan fingerprint density at radius 1 is 0.833 bits per heavy atom. The number of aromatic nitrogens is 1. The second kappa shape index (κ2) is 11.8. The summed E-state index contributed by atoms with van der Waals surface area (Å²) in [4.78, 5) is 28.1. The first kappa shape index (κ1) is 24.7. The average molecular weight is 487 g/mol. The smallest absolute Gasteiger partial charge is 0.315 e. The Balaban J connectivity index is 1.46. The van der Waals surface area contributed by atoms with Gasteiger partial charge in [0, 0.05) is 41.7 Å². The molecule has 186 valence electrons. The number of carbonyl (C=O) groups is 2. The SMILES string of the molecule is COc1cccc(C(CNC(=O)CNC(=O)NCc2ccccc2)c2c[nH]c3ccccc23)c1OC. The van der Waals surface area contributed by atoms with Crippen molar-refractivity contribution in [1.82, 2.24) is 20.9 Å². The summed E-state index contributed by atoms with van der Waals surface area (Å²) in [5.74, 6) is 0.712. The zero-order valence-corrected chi connectivity index (χ0v) is 20.3. The van der Waals surface area contributed by atoms with E-state index in [-0.39, 0.29) is 18.4 Å². The lowest BCUT2D eigenvalue weighted by atomic mass is 9.90. The molecule has 1 aromatic heterocycles. The standard InChI is InChI=1S/C28H30N4O4/c1-35-25-14-8-12-21(27(25)36-2)23(22-16-29-24-13-7-6-11-20(22)24)17-30-26(33)18-32-28(34)31-15-19-9-4-3-5-10-19/h3-14,16,23,29H,15,17-18H2,1-2H3,(H,30,33)(H2,31,32,34). The molecular weight excluding hydrogens is 456 g/mol. The highest BCUT2D eigenvalue weighted by atomic mass is 16.5. The molecule has 3 amide bonds. The summed E-state index contributed by atoms with van der Waals surface area (Å²) in [5.41, 5.74) is 3.88. The monoisotopic (exact) mass is 486 g/mol. The molecule has 0 spiro atoms. The van der Waals surface area contributed by atoms with Gasteiger partial charge in [0.15, 0.2) is 11.5 Å². The van der Waals surface area contributed by atoms with Crippen LogP contribution in [0.1, 0.15) is 22.6 Å². The molecule has 0 saturated carbocycles. The second-order valence-corrected chi connectivity index (χ2v) is 8.25. The summed E-state index contributed by atoms with van der Waals surface area (Å²) in [7, 11) is 3.20. The highest BCUT2D eigenvalue weighted by molar-refractivity contribution is 5.86. The van der Waals surface area contributed by atoms with E-state index in [1.165, 1.54) is 0 Å². The zero-order chi connectivity index (χ0) is 25.3. The number of rotatable bonds is 10. The fraction of sp³-hybridized carbons (Fsp3) is 0.214. The number of amides is 3. The van der Waals surface area contributed by atoms with Crippen molar-refractivity contribution in [1.29, 1.82) is 0 Å². The van der Waals surface area contributed by atoms with Crippen molar-refractivity contribution < 1.29 is 19.1 Å². The van der Waals surface area contributed by atoms with Crippen LogP contribution < -0.4 is 25.4 Å². The van der Waals surface area contributed by atoms with E-state index < -0.39 is 6.03 Å². The first-order valence-electron chi connectivity index (χ1n) is 11.7. The summed E-state index contributed by atoms with van der Waals surface area (Å²) in [6.45, 7) is 0.542. The van der Waals surface area contributed by atoms with Crippen molar-refractivity contribution in [3.05, 3.63) is 95.7 Å². The third-order valence-electron chi connectivity index (χ3n) is 6.01. The minimum absolute atomic E-state index is 0.142. The van der Waals surface area contributed by atoms with Crippen molar-refractivity contribution in [3.63, 3.8) is 0 Å². The van der Waals surface area contributed by atoms with Crippen LogP contribution >= 0.6 is 0 Å². The van der Waals surface area contributed by atoms with Crippen LogP contribution in [0.15, 0.2) is 79.0 Å². The summed E-state index contributed by atoms with van der Waals surface area (Å²) in [6.07, 6.45) is 1.95. The number of ether oxygens (including phenoxy) is 2. The van der Waals surface area contributed by atoms with Crippen LogP contribution in [-0.2, 0) is 11.3 Å². The second-order valence-electron chi connectivity index (χ2n) is 8.25. The number of H-pyrrole nitrogens is 1. The topological polar surface area (TPSA) is 104 Å². The molecule has 8 heteroatoms.